The van der Waals surface area contributed by atoms with Gasteiger partial charge in [0.05, 0.1) is 18.2 Å². The van der Waals surface area contributed by atoms with Gasteiger partial charge in [0, 0.05) is 5.56 Å². The normalized spacial score (nSPS) is 11.2. The Bertz CT molecular complexity index is 290. The number of hydrazone groups is 1. The Kier molecular flexibility index (Phi) is 2.47. The number of urea groups is 1. The summed E-state index contributed by atoms with van der Waals surface area (Å²) < 4.78 is 4.82. The number of hydrogen-bond donors (Lipinski definition) is 2. The van der Waals surface area contributed by atoms with Crippen molar-refractivity contribution in [1.29, 1.82) is 0 Å². The lowest BCUT2D eigenvalue weighted by Crippen LogP contribution is -2.25. The first-order valence-corrected chi connectivity index (χ1v) is 3.32. The van der Waals surface area contributed by atoms with Crippen molar-refractivity contribution in [3.63, 3.8) is 0 Å². The number of furan rings is 1. The number of nitrogens with two attached hydrogens (primary N) is 1. The summed E-state index contributed by atoms with van der Waals surface area (Å²) >= 11 is 0. The maximum atomic E-state index is 10.3. The molecular weight excluding hydrogens is 158 g/mol. The van der Waals surface area contributed by atoms with Gasteiger partial charge in [-0.3, -0.25) is 0 Å². The molecule has 0 aliphatic carbocycles. The minimum absolute atomic E-state index is 0.641. The van der Waals surface area contributed by atoms with E-state index >= 15 is 0 Å². The lowest BCUT2D eigenvalue weighted by Gasteiger charge is -1.94. The topological polar surface area (TPSA) is 80.6 Å². The Hall–Kier alpha value is -1.78. The van der Waals surface area contributed by atoms with Crippen LogP contribution in [0.1, 0.15) is 12.5 Å². The van der Waals surface area contributed by atoms with Crippen molar-refractivity contribution in [2.24, 2.45) is 10.8 Å². The molecule has 0 radical (unpaired) electrons. The maximum Gasteiger partial charge on any atom is 0.332 e. The van der Waals surface area contributed by atoms with E-state index in [1.54, 1.807) is 13.0 Å². The number of rotatable bonds is 2. The van der Waals surface area contributed by atoms with Crippen molar-refractivity contribution in [3.8, 4) is 0 Å². The van der Waals surface area contributed by atoms with Crippen molar-refractivity contribution in [3.05, 3.63) is 24.2 Å². The zero-order chi connectivity index (χ0) is 8.97. The maximum absolute atomic E-state index is 10.3. The molecule has 0 unspecified atom stereocenters. The number of carbonyl (C=O) groups excluding carboxylic acids is 1. The number of hydrogen-bond acceptors (Lipinski definition) is 3. The first-order chi connectivity index (χ1) is 5.70. The number of nitrogens with zero attached hydrogens (tertiary/aromatic N) is 1. The average Bonchev–Trinajstić information content (AvgIpc) is 2.51. The molecule has 0 aliphatic heterocycles. The van der Waals surface area contributed by atoms with Gasteiger partial charge in [-0.2, -0.15) is 5.10 Å². The zero-order valence-electron chi connectivity index (χ0n) is 6.57. The largest absolute Gasteiger partial charge is 0.472 e. The molecule has 0 spiro atoms. The predicted octanol–water partition coefficient (Wildman–Crippen LogP) is 0.672. The first-order valence-electron chi connectivity index (χ1n) is 3.32. The van der Waals surface area contributed by atoms with Gasteiger partial charge >= 0.3 is 6.03 Å². The molecule has 0 saturated carbocycles. The summed E-state index contributed by atoms with van der Waals surface area (Å²) in [6, 6.07) is 1.06. The number of carbonyl (C=O) groups is 1. The second-order valence-corrected chi connectivity index (χ2v) is 2.19. The van der Waals surface area contributed by atoms with E-state index in [0.717, 1.165) is 5.56 Å². The van der Waals surface area contributed by atoms with Crippen LogP contribution in [0.2, 0.25) is 0 Å². The fourth-order valence-corrected chi connectivity index (χ4v) is 0.674. The zero-order valence-corrected chi connectivity index (χ0v) is 6.57. The fourth-order valence-electron chi connectivity index (χ4n) is 0.674. The Morgan fingerprint density at radius 1 is 1.75 bits per heavy atom. The SMILES string of the molecule is CC(=NNC(N)=O)c1ccoc1. The molecular formula is C7H9N3O2. The van der Waals surface area contributed by atoms with Crippen molar-refractivity contribution < 1.29 is 9.21 Å². The molecule has 5 heteroatoms. The summed E-state index contributed by atoms with van der Waals surface area (Å²) in [6.45, 7) is 1.74. The molecule has 1 heterocycles. The van der Waals surface area contributed by atoms with Crippen LogP contribution < -0.4 is 11.2 Å². The van der Waals surface area contributed by atoms with E-state index in [1.165, 1.54) is 12.5 Å². The van der Waals surface area contributed by atoms with Crippen LogP contribution in [-0.4, -0.2) is 11.7 Å². The van der Waals surface area contributed by atoms with Gasteiger partial charge in [-0.15, -0.1) is 0 Å². The molecule has 3 N–H and O–H groups in total. The molecule has 0 saturated heterocycles. The monoisotopic (exact) mass is 167 g/mol. The summed E-state index contributed by atoms with van der Waals surface area (Å²) in [5.74, 6) is 0. The summed E-state index contributed by atoms with van der Waals surface area (Å²) in [5, 5.41) is 3.70. The first kappa shape index (κ1) is 8.32. The van der Waals surface area contributed by atoms with Gasteiger partial charge in [0.1, 0.15) is 0 Å². The van der Waals surface area contributed by atoms with Gasteiger partial charge in [-0.25, -0.2) is 10.2 Å². The molecule has 0 atom stereocenters. The minimum atomic E-state index is -0.683. The fraction of sp³-hybridized carbons (Fsp3) is 0.143. The van der Waals surface area contributed by atoms with Gasteiger partial charge in [0.2, 0.25) is 0 Å². The molecule has 1 rings (SSSR count). The van der Waals surface area contributed by atoms with Gasteiger partial charge in [-0.05, 0) is 13.0 Å². The van der Waals surface area contributed by atoms with Gasteiger partial charge < -0.3 is 10.2 Å². The lowest BCUT2D eigenvalue weighted by atomic mass is 10.2. The van der Waals surface area contributed by atoms with E-state index in [1.807, 2.05) is 0 Å². The van der Waals surface area contributed by atoms with E-state index in [9.17, 15) is 4.79 Å². The molecule has 0 bridgehead atoms. The van der Waals surface area contributed by atoms with E-state index in [0.29, 0.717) is 5.71 Å². The van der Waals surface area contributed by atoms with Crippen LogP contribution in [0, 0.1) is 0 Å². The van der Waals surface area contributed by atoms with E-state index in [2.05, 4.69) is 10.5 Å². The molecule has 5 nitrogen and oxygen atoms in total. The Morgan fingerprint density at radius 3 is 3.00 bits per heavy atom. The molecule has 0 fully saturated rings. The average molecular weight is 167 g/mol. The highest BCUT2D eigenvalue weighted by Crippen LogP contribution is 2.00. The minimum Gasteiger partial charge on any atom is -0.472 e. The quantitative estimate of drug-likeness (QED) is 0.501. The van der Waals surface area contributed by atoms with Crippen LogP contribution in [0.3, 0.4) is 0 Å². The van der Waals surface area contributed by atoms with Gasteiger partial charge in [-0.1, -0.05) is 0 Å². The third-order valence-corrected chi connectivity index (χ3v) is 1.27. The van der Waals surface area contributed by atoms with E-state index in [-0.39, 0.29) is 0 Å². The lowest BCUT2D eigenvalue weighted by molar-refractivity contribution is 0.249. The van der Waals surface area contributed by atoms with Gasteiger partial charge in [0.15, 0.2) is 0 Å². The number of primary amides is 1. The number of nitrogens with one attached hydrogen (secondary N) is 1. The predicted molar refractivity (Wildman–Crippen MR) is 43.6 cm³/mol. The van der Waals surface area contributed by atoms with Gasteiger partial charge in [0.25, 0.3) is 0 Å². The molecule has 1 aromatic rings. The van der Waals surface area contributed by atoms with Crippen molar-refractivity contribution in [1.82, 2.24) is 5.43 Å². The molecule has 2 amide bonds. The Balaban J connectivity index is 2.65. The third kappa shape index (κ3) is 2.12. The molecule has 0 aromatic carbocycles. The van der Waals surface area contributed by atoms with Crippen LogP contribution in [-0.2, 0) is 0 Å². The van der Waals surface area contributed by atoms with Crippen LogP contribution in [0.5, 0.6) is 0 Å². The second kappa shape index (κ2) is 3.56. The smallest absolute Gasteiger partial charge is 0.332 e. The summed E-state index contributed by atoms with van der Waals surface area (Å²) in [5.41, 5.74) is 8.38. The molecule has 64 valence electrons. The standard InChI is InChI=1S/C7H9N3O2/c1-5(9-10-7(8)11)6-2-3-12-4-6/h2-4H,1H3,(H3,8,10,11). The third-order valence-electron chi connectivity index (χ3n) is 1.27. The van der Waals surface area contributed by atoms with Crippen LogP contribution in [0.4, 0.5) is 4.79 Å². The van der Waals surface area contributed by atoms with Crippen LogP contribution >= 0.6 is 0 Å². The summed E-state index contributed by atoms with van der Waals surface area (Å²) in [4.78, 5) is 10.3. The molecule has 0 aliphatic rings. The Morgan fingerprint density at radius 2 is 2.50 bits per heavy atom. The number of amides is 2. The van der Waals surface area contributed by atoms with Crippen LogP contribution in [0.25, 0.3) is 0 Å². The van der Waals surface area contributed by atoms with E-state index < -0.39 is 6.03 Å². The van der Waals surface area contributed by atoms with E-state index in [4.69, 9.17) is 10.2 Å². The highest BCUT2D eigenvalue weighted by Gasteiger charge is 1.97. The Labute approximate surface area is 69.2 Å². The summed E-state index contributed by atoms with van der Waals surface area (Å²) in [6.07, 6.45) is 3.06. The molecule has 12 heavy (non-hydrogen) atoms. The highest BCUT2D eigenvalue weighted by atomic mass is 16.3. The summed E-state index contributed by atoms with van der Waals surface area (Å²) in [7, 11) is 0. The molecule has 1 aromatic heterocycles. The van der Waals surface area contributed by atoms with Crippen LogP contribution in [0.15, 0.2) is 28.1 Å². The highest BCUT2D eigenvalue weighted by molar-refractivity contribution is 5.98. The van der Waals surface area contributed by atoms with Crippen molar-refractivity contribution >= 4 is 11.7 Å². The second-order valence-electron chi connectivity index (χ2n) is 2.19. The van der Waals surface area contributed by atoms with Crippen molar-refractivity contribution in [2.75, 3.05) is 0 Å². The van der Waals surface area contributed by atoms with Crippen molar-refractivity contribution in [2.45, 2.75) is 6.92 Å².